The fourth-order valence-corrected chi connectivity index (χ4v) is 5.12. The number of carbonyl (C=O) groups excluding carboxylic acids is 1. The Morgan fingerprint density at radius 2 is 1.75 bits per heavy atom. The lowest BCUT2D eigenvalue weighted by molar-refractivity contribution is -0.132. The maximum Gasteiger partial charge on any atom is 0.224 e. The summed E-state index contributed by atoms with van der Waals surface area (Å²) in [5.74, 6) is 0.790. The van der Waals surface area contributed by atoms with E-state index < -0.39 is 9.53 Å². The summed E-state index contributed by atoms with van der Waals surface area (Å²) in [6, 6.07) is 0. The van der Waals surface area contributed by atoms with E-state index in [-0.39, 0.29) is 18.1 Å². The first-order valence-electron chi connectivity index (χ1n) is 7.67. The molecular weight excluding hydrogens is 276 g/mol. The van der Waals surface area contributed by atoms with Gasteiger partial charge in [-0.25, -0.2) is 4.31 Å². The van der Waals surface area contributed by atoms with E-state index in [4.69, 9.17) is 0 Å². The van der Waals surface area contributed by atoms with Crippen molar-refractivity contribution < 1.29 is 13.6 Å². The molecule has 0 unspecified atom stereocenters. The van der Waals surface area contributed by atoms with Crippen LogP contribution < -0.4 is 0 Å². The monoisotopic (exact) mass is 304 g/mol. The van der Waals surface area contributed by atoms with Gasteiger partial charge < -0.3 is 4.90 Å². The van der Waals surface area contributed by atoms with Gasteiger partial charge in [-0.1, -0.05) is 6.92 Å². The van der Waals surface area contributed by atoms with Gasteiger partial charge in [0.15, 0.2) is 0 Å². The summed E-state index contributed by atoms with van der Waals surface area (Å²) >= 11 is 0. The molecule has 118 valence electrons. The molecule has 0 aromatic carbocycles. The fourth-order valence-electron chi connectivity index (χ4n) is 3.02. The number of hydrogen-bond donors (Lipinski definition) is 1. The van der Waals surface area contributed by atoms with Gasteiger partial charge in [-0.15, -0.1) is 9.53 Å². The van der Waals surface area contributed by atoms with Crippen LogP contribution in [0.2, 0.25) is 0 Å². The molecule has 0 atom stereocenters. The summed E-state index contributed by atoms with van der Waals surface area (Å²) in [7, 11) is -3.78. The minimum atomic E-state index is -3.78. The molecule has 2 rings (SSSR count). The summed E-state index contributed by atoms with van der Waals surface area (Å²) in [6.45, 7) is 5.15. The summed E-state index contributed by atoms with van der Waals surface area (Å²) in [6.07, 6.45) is 5.64. The lowest BCUT2D eigenvalue weighted by Gasteiger charge is -2.47. The molecule has 0 spiro atoms. The summed E-state index contributed by atoms with van der Waals surface area (Å²) in [5.41, 5.74) is 0. The number of nitrogens with zero attached hydrogens (tertiary/aromatic N) is 2. The Hall–Kier alpha value is -0.460. The average molecular weight is 304 g/mol. The zero-order valence-corrected chi connectivity index (χ0v) is 13.5. The number of amides is 1. The van der Waals surface area contributed by atoms with Crippen LogP contribution in [0.3, 0.4) is 0 Å². The molecule has 0 bridgehead atoms. The highest BCUT2D eigenvalue weighted by atomic mass is 32.3. The standard InChI is InChI=1S/C14H28N2O3S/c1-13-5-10-15(11-6-13)14(17)7-12-20(2,18,19)16-8-3-4-9-16/h13H,3-12H2,1-2H3,(H,18,19). The molecule has 5 nitrogen and oxygen atoms in total. The lowest BCUT2D eigenvalue weighted by atomic mass is 9.99. The lowest BCUT2D eigenvalue weighted by Crippen LogP contribution is -2.51. The molecular formula is C14H28N2O3S. The second kappa shape index (κ2) is 5.73. The molecule has 1 N–H and O–H groups in total. The van der Waals surface area contributed by atoms with Crippen molar-refractivity contribution >= 4 is 15.4 Å². The minimum Gasteiger partial charge on any atom is -0.343 e. The first kappa shape index (κ1) is 15.9. The molecule has 0 radical (unpaired) electrons. The third-order valence-corrected chi connectivity index (χ3v) is 7.48. The Bertz CT molecular complexity index is 418. The Balaban J connectivity index is 1.87. The predicted molar refractivity (Wildman–Crippen MR) is 82.0 cm³/mol. The second-order valence-electron chi connectivity index (χ2n) is 6.58. The van der Waals surface area contributed by atoms with Crippen LogP contribution in [0, 0.1) is 5.92 Å². The highest BCUT2D eigenvalue weighted by Crippen LogP contribution is 2.29. The third kappa shape index (κ3) is 3.80. The highest BCUT2D eigenvalue weighted by Gasteiger charge is 2.33. The third-order valence-electron chi connectivity index (χ3n) is 4.65. The summed E-state index contributed by atoms with van der Waals surface area (Å²) in [4.78, 5) is 14.0. The zero-order valence-electron chi connectivity index (χ0n) is 12.7. The van der Waals surface area contributed by atoms with Crippen LogP contribution in [0.15, 0.2) is 0 Å². The largest absolute Gasteiger partial charge is 0.343 e. The van der Waals surface area contributed by atoms with Crippen molar-refractivity contribution in [1.29, 1.82) is 0 Å². The van der Waals surface area contributed by atoms with Gasteiger partial charge in [0, 0.05) is 38.9 Å². The predicted octanol–water partition coefficient (Wildman–Crippen LogP) is 1.57. The topological polar surface area (TPSA) is 60.9 Å². The highest BCUT2D eigenvalue weighted by molar-refractivity contribution is 8.12. The van der Waals surface area contributed by atoms with Crippen LogP contribution >= 0.6 is 0 Å². The molecule has 2 fully saturated rings. The van der Waals surface area contributed by atoms with E-state index in [0.29, 0.717) is 19.0 Å². The molecule has 0 aromatic rings. The fraction of sp³-hybridized carbons (Fsp3) is 0.929. The van der Waals surface area contributed by atoms with Crippen molar-refractivity contribution in [3.63, 3.8) is 0 Å². The smallest absolute Gasteiger partial charge is 0.224 e. The molecule has 1 amide bonds. The van der Waals surface area contributed by atoms with Crippen LogP contribution in [0.25, 0.3) is 0 Å². The Labute approximate surface area is 122 Å². The van der Waals surface area contributed by atoms with E-state index in [2.05, 4.69) is 6.92 Å². The van der Waals surface area contributed by atoms with Gasteiger partial charge in [-0.2, -0.15) is 4.21 Å². The van der Waals surface area contributed by atoms with Crippen molar-refractivity contribution in [2.45, 2.75) is 39.0 Å². The van der Waals surface area contributed by atoms with Crippen LogP contribution in [-0.2, 0) is 14.3 Å². The van der Waals surface area contributed by atoms with Crippen molar-refractivity contribution in [3.05, 3.63) is 0 Å². The van der Waals surface area contributed by atoms with Gasteiger partial charge in [-0.3, -0.25) is 9.35 Å². The number of carbonyl (C=O) groups is 1. The number of piperidine rings is 1. The number of likely N-dealkylation sites (tertiary alicyclic amines) is 1. The van der Waals surface area contributed by atoms with Gasteiger partial charge in [0.1, 0.15) is 0 Å². The second-order valence-corrected chi connectivity index (χ2v) is 10.4. The Morgan fingerprint density at radius 3 is 2.30 bits per heavy atom. The number of rotatable bonds is 4. The maximum absolute atomic E-state index is 12.7. The van der Waals surface area contributed by atoms with Crippen LogP contribution in [0.4, 0.5) is 0 Å². The Morgan fingerprint density at radius 1 is 1.20 bits per heavy atom. The molecule has 6 heteroatoms. The zero-order chi connectivity index (χ0) is 14.8. The van der Waals surface area contributed by atoms with Gasteiger partial charge in [-0.05, 0) is 31.6 Å². The molecule has 20 heavy (non-hydrogen) atoms. The molecule has 0 aliphatic carbocycles. The Kier molecular flexibility index (Phi) is 4.56. The van der Waals surface area contributed by atoms with Crippen molar-refractivity contribution in [1.82, 2.24) is 9.21 Å². The molecule has 2 saturated heterocycles. The van der Waals surface area contributed by atoms with Crippen molar-refractivity contribution in [3.8, 4) is 0 Å². The van der Waals surface area contributed by atoms with Gasteiger partial charge in [0.2, 0.25) is 5.91 Å². The van der Waals surface area contributed by atoms with E-state index in [1.807, 2.05) is 4.90 Å². The van der Waals surface area contributed by atoms with E-state index in [9.17, 15) is 13.6 Å². The first-order valence-corrected chi connectivity index (χ1v) is 10.1. The molecule has 2 aliphatic heterocycles. The maximum atomic E-state index is 12.7. The van der Waals surface area contributed by atoms with Gasteiger partial charge in [0.25, 0.3) is 0 Å². The summed E-state index contributed by atoms with van der Waals surface area (Å²) in [5, 5.41) is 0. The quantitative estimate of drug-likeness (QED) is 0.857. The van der Waals surface area contributed by atoms with E-state index in [0.717, 1.165) is 38.8 Å². The molecule has 0 aromatic heterocycles. The molecule has 0 saturated carbocycles. The molecule has 2 aliphatic rings. The van der Waals surface area contributed by atoms with Crippen molar-refractivity contribution in [2.75, 3.05) is 38.2 Å². The van der Waals surface area contributed by atoms with Gasteiger partial charge >= 0.3 is 0 Å². The van der Waals surface area contributed by atoms with Crippen molar-refractivity contribution in [2.24, 2.45) is 5.92 Å². The van der Waals surface area contributed by atoms with E-state index in [1.165, 1.54) is 6.26 Å². The van der Waals surface area contributed by atoms with E-state index >= 15 is 0 Å². The first-order chi connectivity index (χ1) is 9.26. The number of hydrogen-bond acceptors (Lipinski definition) is 2. The van der Waals surface area contributed by atoms with Crippen LogP contribution in [0.1, 0.15) is 39.0 Å². The molecule has 2 heterocycles. The van der Waals surface area contributed by atoms with E-state index in [1.54, 1.807) is 4.31 Å². The van der Waals surface area contributed by atoms with Crippen LogP contribution in [-0.4, -0.2) is 62.1 Å². The normalized spacial score (nSPS) is 24.6. The van der Waals surface area contributed by atoms with Crippen LogP contribution in [0.5, 0.6) is 0 Å². The SMILES string of the molecule is CC1CCN(C(=O)CCS(C)(=O)(O)N2CCCC2)CC1. The minimum absolute atomic E-state index is 0.0332. The van der Waals surface area contributed by atoms with Gasteiger partial charge in [0.05, 0.1) is 5.75 Å². The average Bonchev–Trinajstić information content (AvgIpc) is 2.92. The summed E-state index contributed by atoms with van der Waals surface area (Å²) < 4.78 is 24.9.